The van der Waals surface area contributed by atoms with Crippen molar-refractivity contribution in [2.24, 2.45) is 4.99 Å². The molecular formula is C22H38N6O. The van der Waals surface area contributed by atoms with Crippen LogP contribution in [-0.2, 0) is 6.54 Å². The molecule has 1 saturated heterocycles. The Labute approximate surface area is 175 Å². The molecule has 1 heterocycles. The molecule has 1 fully saturated rings. The summed E-state index contributed by atoms with van der Waals surface area (Å²) in [5, 5.41) is 9.77. The quantitative estimate of drug-likeness (QED) is 0.409. The van der Waals surface area contributed by atoms with Gasteiger partial charge in [-0.25, -0.2) is 4.99 Å². The summed E-state index contributed by atoms with van der Waals surface area (Å²) in [5.41, 5.74) is 1.71. The van der Waals surface area contributed by atoms with Crippen LogP contribution in [0.5, 0.6) is 0 Å². The van der Waals surface area contributed by atoms with Crippen molar-refractivity contribution < 1.29 is 4.79 Å². The Hall–Kier alpha value is -2.12. The monoisotopic (exact) mass is 402 g/mol. The summed E-state index contributed by atoms with van der Waals surface area (Å²) in [7, 11) is 3.99. The predicted octanol–water partition coefficient (Wildman–Crippen LogP) is 1.52. The highest BCUT2D eigenvalue weighted by molar-refractivity contribution is 5.94. The maximum atomic E-state index is 12.3. The first kappa shape index (κ1) is 23.2. The largest absolute Gasteiger partial charge is 0.357 e. The van der Waals surface area contributed by atoms with E-state index >= 15 is 0 Å². The van der Waals surface area contributed by atoms with Crippen LogP contribution >= 0.6 is 0 Å². The molecule has 1 unspecified atom stereocenters. The van der Waals surface area contributed by atoms with Crippen molar-refractivity contribution in [3.63, 3.8) is 0 Å². The molecule has 7 nitrogen and oxygen atoms in total. The van der Waals surface area contributed by atoms with Crippen molar-refractivity contribution in [1.82, 2.24) is 25.8 Å². The summed E-state index contributed by atoms with van der Waals surface area (Å²) in [5.74, 6) is 0.792. The van der Waals surface area contributed by atoms with Gasteiger partial charge in [-0.15, -0.1) is 0 Å². The molecule has 1 aromatic rings. The molecule has 0 saturated carbocycles. The number of benzene rings is 1. The number of rotatable bonds is 10. The molecule has 0 aliphatic carbocycles. The van der Waals surface area contributed by atoms with Crippen LogP contribution in [0.3, 0.4) is 0 Å². The van der Waals surface area contributed by atoms with Crippen molar-refractivity contribution in [2.75, 3.05) is 53.4 Å². The fraction of sp³-hybridized carbons (Fsp3) is 0.636. The van der Waals surface area contributed by atoms with E-state index in [1.807, 2.05) is 43.3 Å². The summed E-state index contributed by atoms with van der Waals surface area (Å²) >= 11 is 0. The lowest BCUT2D eigenvalue weighted by Gasteiger charge is -2.24. The molecule has 1 aliphatic rings. The number of carbonyl (C=O) groups excluding carboxylic acids is 1. The zero-order valence-electron chi connectivity index (χ0n) is 18.5. The molecule has 3 N–H and O–H groups in total. The van der Waals surface area contributed by atoms with Crippen molar-refractivity contribution >= 4 is 11.9 Å². The molecule has 29 heavy (non-hydrogen) atoms. The second-order valence-electron chi connectivity index (χ2n) is 7.76. The lowest BCUT2D eigenvalue weighted by atomic mass is 10.1. The summed E-state index contributed by atoms with van der Waals surface area (Å²) in [6.45, 7) is 10.3. The van der Waals surface area contributed by atoms with Gasteiger partial charge in [0, 0.05) is 37.8 Å². The highest BCUT2D eigenvalue weighted by Gasteiger charge is 2.22. The van der Waals surface area contributed by atoms with Crippen molar-refractivity contribution in [2.45, 2.75) is 39.3 Å². The predicted molar refractivity (Wildman–Crippen MR) is 120 cm³/mol. The normalized spacial score (nSPS) is 17.6. The van der Waals surface area contributed by atoms with Crippen molar-refractivity contribution in [3.05, 3.63) is 35.4 Å². The Morgan fingerprint density at radius 3 is 2.79 bits per heavy atom. The number of guanidine groups is 1. The van der Waals surface area contributed by atoms with Crippen LogP contribution in [0.2, 0.25) is 0 Å². The van der Waals surface area contributed by atoms with Crippen LogP contribution in [0.15, 0.2) is 29.3 Å². The fourth-order valence-electron chi connectivity index (χ4n) is 3.58. The zero-order valence-corrected chi connectivity index (χ0v) is 18.5. The van der Waals surface area contributed by atoms with Crippen molar-refractivity contribution in [1.29, 1.82) is 0 Å². The Morgan fingerprint density at radius 1 is 1.24 bits per heavy atom. The Balaban J connectivity index is 1.91. The van der Waals surface area contributed by atoms with E-state index in [1.165, 1.54) is 19.4 Å². The van der Waals surface area contributed by atoms with E-state index in [-0.39, 0.29) is 5.91 Å². The maximum absolute atomic E-state index is 12.3. The minimum atomic E-state index is -0.0383. The Bertz CT molecular complexity index is 660. The Morgan fingerprint density at radius 2 is 2.07 bits per heavy atom. The van der Waals surface area contributed by atoms with Crippen LogP contribution < -0.4 is 16.0 Å². The average Bonchev–Trinajstić information content (AvgIpc) is 3.17. The molecule has 162 valence electrons. The molecule has 1 aliphatic heterocycles. The minimum absolute atomic E-state index is 0.0383. The van der Waals surface area contributed by atoms with E-state index in [4.69, 9.17) is 4.99 Å². The van der Waals surface area contributed by atoms with Gasteiger partial charge in [0.05, 0.1) is 6.54 Å². The second kappa shape index (κ2) is 12.4. The number of hydrogen-bond donors (Lipinski definition) is 3. The van der Waals surface area contributed by atoms with E-state index in [0.29, 0.717) is 24.7 Å². The smallest absolute Gasteiger partial charge is 0.251 e. The average molecular weight is 403 g/mol. The fourth-order valence-corrected chi connectivity index (χ4v) is 3.58. The van der Waals surface area contributed by atoms with Gasteiger partial charge in [-0.3, -0.25) is 9.69 Å². The van der Waals surface area contributed by atoms with Gasteiger partial charge in [0.25, 0.3) is 5.91 Å². The molecule has 0 bridgehead atoms. The van der Waals surface area contributed by atoms with Crippen LogP contribution in [0.1, 0.15) is 42.6 Å². The molecule has 1 amide bonds. The zero-order chi connectivity index (χ0) is 21.1. The third-order valence-corrected chi connectivity index (χ3v) is 5.21. The number of nitrogens with one attached hydrogen (secondary N) is 3. The van der Waals surface area contributed by atoms with Crippen LogP contribution in [-0.4, -0.2) is 81.1 Å². The molecule has 0 aromatic heterocycles. The number of hydrogen-bond acceptors (Lipinski definition) is 4. The highest BCUT2D eigenvalue weighted by atomic mass is 16.1. The summed E-state index contributed by atoms with van der Waals surface area (Å²) in [6, 6.07) is 8.29. The van der Waals surface area contributed by atoms with Crippen molar-refractivity contribution in [3.8, 4) is 0 Å². The highest BCUT2D eigenvalue weighted by Crippen LogP contribution is 2.15. The SMILES string of the molecule is CCNC(=NCc1cccc(C(=O)NCCN(C)C)c1)NCC1CCCN1CC. The van der Waals surface area contributed by atoms with E-state index in [2.05, 4.69) is 34.7 Å². The molecule has 1 atom stereocenters. The standard InChI is InChI=1S/C22H38N6O/c1-5-23-22(26-17-20-11-8-13-28(20)6-2)25-16-18-9-7-10-19(15-18)21(29)24-12-14-27(3)4/h7,9-10,15,20H,5-6,8,11-14,16-17H2,1-4H3,(H,24,29)(H2,23,25,26). The summed E-state index contributed by atoms with van der Waals surface area (Å²) in [4.78, 5) is 21.6. The van der Waals surface area contributed by atoms with Crippen LogP contribution in [0.4, 0.5) is 0 Å². The van der Waals surface area contributed by atoms with E-state index in [9.17, 15) is 4.79 Å². The van der Waals surface area contributed by atoms with E-state index in [0.717, 1.165) is 37.7 Å². The summed E-state index contributed by atoms with van der Waals surface area (Å²) < 4.78 is 0. The number of aliphatic imine (C=N–C) groups is 1. The number of carbonyl (C=O) groups is 1. The maximum Gasteiger partial charge on any atom is 0.251 e. The Kier molecular flexibility index (Phi) is 9.94. The van der Waals surface area contributed by atoms with Crippen LogP contribution in [0, 0.1) is 0 Å². The molecule has 7 heteroatoms. The number of likely N-dealkylation sites (N-methyl/N-ethyl adjacent to an activating group) is 2. The first-order valence-corrected chi connectivity index (χ1v) is 10.8. The summed E-state index contributed by atoms with van der Waals surface area (Å²) in [6.07, 6.45) is 2.52. The molecule has 1 aromatic carbocycles. The van der Waals surface area contributed by atoms with Gasteiger partial charge in [-0.05, 0) is 64.6 Å². The number of amides is 1. The number of nitrogens with zero attached hydrogens (tertiary/aromatic N) is 3. The lowest BCUT2D eigenvalue weighted by molar-refractivity contribution is 0.0951. The van der Waals surface area contributed by atoms with E-state index in [1.54, 1.807) is 0 Å². The van der Waals surface area contributed by atoms with Gasteiger partial charge in [0.1, 0.15) is 0 Å². The molecule has 2 rings (SSSR count). The lowest BCUT2D eigenvalue weighted by Crippen LogP contribution is -2.44. The van der Waals surface area contributed by atoms with Gasteiger partial charge in [-0.2, -0.15) is 0 Å². The molecule has 0 spiro atoms. The van der Waals surface area contributed by atoms with Crippen LogP contribution in [0.25, 0.3) is 0 Å². The third kappa shape index (κ3) is 8.03. The topological polar surface area (TPSA) is 72.0 Å². The second-order valence-corrected chi connectivity index (χ2v) is 7.76. The first-order chi connectivity index (χ1) is 14.0. The number of likely N-dealkylation sites (tertiary alicyclic amines) is 1. The van der Waals surface area contributed by atoms with Gasteiger partial charge in [0.15, 0.2) is 5.96 Å². The third-order valence-electron chi connectivity index (χ3n) is 5.21. The molecule has 0 radical (unpaired) electrons. The minimum Gasteiger partial charge on any atom is -0.357 e. The van der Waals surface area contributed by atoms with Gasteiger partial charge in [0.2, 0.25) is 0 Å². The first-order valence-electron chi connectivity index (χ1n) is 10.8. The van der Waals surface area contributed by atoms with Gasteiger partial charge < -0.3 is 20.9 Å². The van der Waals surface area contributed by atoms with Gasteiger partial charge >= 0.3 is 0 Å². The van der Waals surface area contributed by atoms with Gasteiger partial charge in [-0.1, -0.05) is 19.1 Å². The molecular weight excluding hydrogens is 364 g/mol. The van der Waals surface area contributed by atoms with E-state index < -0.39 is 0 Å².